The Balaban J connectivity index is 1.89. The van der Waals surface area contributed by atoms with Crippen LogP contribution in [0.25, 0.3) is 17.2 Å². The molecular formula is C17H17FN4O3. The zero-order valence-corrected chi connectivity index (χ0v) is 13.5. The van der Waals surface area contributed by atoms with Crippen LogP contribution in [0.5, 0.6) is 0 Å². The molecule has 1 spiro atoms. The lowest BCUT2D eigenvalue weighted by atomic mass is 10.1. The molecule has 25 heavy (non-hydrogen) atoms. The Kier molecular flexibility index (Phi) is 3.40. The summed E-state index contributed by atoms with van der Waals surface area (Å²) in [5.74, 6) is -1.82. The summed E-state index contributed by atoms with van der Waals surface area (Å²) in [5.41, 5.74) is -0.949. The summed E-state index contributed by atoms with van der Waals surface area (Å²) in [6.07, 6.45) is 4.62. The molecule has 0 radical (unpaired) electrons. The number of halogens is 1. The summed E-state index contributed by atoms with van der Waals surface area (Å²) in [6, 6.07) is 1.08. The second-order valence-electron chi connectivity index (χ2n) is 6.56. The van der Waals surface area contributed by atoms with Crippen LogP contribution in [0.4, 0.5) is 10.2 Å². The maximum atomic E-state index is 14.7. The van der Waals surface area contributed by atoms with Crippen LogP contribution in [0, 0.1) is 5.82 Å². The molecule has 0 atom stereocenters. The number of hydrogen-bond donors (Lipinski definition) is 2. The Bertz CT molecular complexity index is 964. The molecule has 3 heterocycles. The van der Waals surface area contributed by atoms with Crippen LogP contribution in [0.1, 0.15) is 23.2 Å². The molecule has 130 valence electrons. The Morgan fingerprint density at radius 3 is 2.88 bits per heavy atom. The van der Waals surface area contributed by atoms with Gasteiger partial charge in [-0.25, -0.2) is 14.2 Å². The molecule has 2 aliphatic rings. The van der Waals surface area contributed by atoms with Crippen molar-refractivity contribution in [3.8, 4) is 0 Å². The van der Waals surface area contributed by atoms with Gasteiger partial charge in [-0.3, -0.25) is 4.79 Å². The first-order chi connectivity index (χ1) is 11.9. The van der Waals surface area contributed by atoms with E-state index in [1.807, 2.05) is 4.90 Å². The molecule has 0 unspecified atom stereocenters. The van der Waals surface area contributed by atoms with Gasteiger partial charge in [0.05, 0.1) is 5.39 Å². The number of aromatic nitrogens is 2. The van der Waals surface area contributed by atoms with E-state index in [1.165, 1.54) is 10.8 Å². The number of piperazine rings is 1. The van der Waals surface area contributed by atoms with Crippen LogP contribution < -0.4 is 15.6 Å². The molecule has 8 heteroatoms. The molecular weight excluding hydrogens is 327 g/mol. The van der Waals surface area contributed by atoms with Crippen LogP contribution in [0.2, 0.25) is 0 Å². The average Bonchev–Trinajstić information content (AvgIpc) is 3.33. The van der Waals surface area contributed by atoms with Crippen molar-refractivity contribution in [3.05, 3.63) is 40.4 Å². The average molecular weight is 344 g/mol. The van der Waals surface area contributed by atoms with Gasteiger partial charge >= 0.3 is 5.97 Å². The van der Waals surface area contributed by atoms with Gasteiger partial charge in [0.2, 0.25) is 5.43 Å². The van der Waals surface area contributed by atoms with Crippen LogP contribution in [0.3, 0.4) is 0 Å². The molecule has 2 aromatic rings. The maximum absolute atomic E-state index is 14.7. The first-order valence-corrected chi connectivity index (χ1v) is 8.05. The van der Waals surface area contributed by atoms with Gasteiger partial charge in [0, 0.05) is 37.6 Å². The number of anilines is 1. The van der Waals surface area contributed by atoms with E-state index in [2.05, 4.69) is 16.9 Å². The Hall–Kier alpha value is -2.74. The number of carbonyl (C=O) groups is 1. The lowest BCUT2D eigenvalue weighted by molar-refractivity contribution is 0.0695. The van der Waals surface area contributed by atoms with Crippen molar-refractivity contribution in [2.24, 2.45) is 0 Å². The van der Waals surface area contributed by atoms with Crippen molar-refractivity contribution >= 4 is 29.0 Å². The summed E-state index contributed by atoms with van der Waals surface area (Å²) in [6.45, 7) is 5.64. The number of aromatic carboxylic acids is 1. The minimum atomic E-state index is -1.37. The number of rotatable bonds is 3. The smallest absolute Gasteiger partial charge is 0.341 e. The van der Waals surface area contributed by atoms with E-state index >= 15 is 0 Å². The normalized spacial score (nSPS) is 18.5. The van der Waals surface area contributed by atoms with E-state index in [0.717, 1.165) is 31.6 Å². The molecule has 4 rings (SSSR count). The number of pyridine rings is 2. The number of hydrogen-bond acceptors (Lipinski definition) is 5. The summed E-state index contributed by atoms with van der Waals surface area (Å²) in [5, 5.41) is 12.5. The van der Waals surface area contributed by atoms with Gasteiger partial charge in [-0.1, -0.05) is 6.58 Å². The monoisotopic (exact) mass is 344 g/mol. The number of carboxylic acids is 1. The Labute approximate surface area is 142 Å². The van der Waals surface area contributed by atoms with Gasteiger partial charge in [-0.15, -0.1) is 0 Å². The van der Waals surface area contributed by atoms with Gasteiger partial charge in [0.1, 0.15) is 5.56 Å². The van der Waals surface area contributed by atoms with E-state index in [1.54, 1.807) is 0 Å². The highest BCUT2D eigenvalue weighted by Crippen LogP contribution is 2.39. The molecule has 0 amide bonds. The van der Waals surface area contributed by atoms with Crippen LogP contribution in [-0.4, -0.2) is 45.8 Å². The quantitative estimate of drug-likeness (QED) is 0.872. The Morgan fingerprint density at radius 1 is 1.48 bits per heavy atom. The lowest BCUT2D eigenvalue weighted by Gasteiger charge is -2.35. The first-order valence-electron chi connectivity index (χ1n) is 8.05. The molecule has 7 nitrogen and oxygen atoms in total. The molecule has 1 aliphatic heterocycles. The second-order valence-corrected chi connectivity index (χ2v) is 6.56. The molecule has 2 N–H and O–H groups in total. The van der Waals surface area contributed by atoms with Crippen LogP contribution in [-0.2, 0) is 0 Å². The van der Waals surface area contributed by atoms with E-state index < -0.39 is 22.8 Å². The zero-order chi connectivity index (χ0) is 17.8. The van der Waals surface area contributed by atoms with Crippen molar-refractivity contribution in [1.29, 1.82) is 0 Å². The fourth-order valence-corrected chi connectivity index (χ4v) is 3.37. The maximum Gasteiger partial charge on any atom is 0.341 e. The third-order valence-corrected chi connectivity index (χ3v) is 4.89. The standard InChI is InChI=1S/C17H17FN4O3/c1-2-21-8-11(16(24)25)13(23)10-7-12(18)15(20-14(10)21)22-6-5-19-17(9-22)3-4-17/h2,7-8,19H,1,3-6,9H2,(H,24,25). The predicted molar refractivity (Wildman–Crippen MR) is 91.5 cm³/mol. The van der Waals surface area contributed by atoms with Crippen molar-refractivity contribution < 1.29 is 14.3 Å². The van der Waals surface area contributed by atoms with Gasteiger partial charge in [0.15, 0.2) is 17.3 Å². The second kappa shape index (κ2) is 5.38. The summed E-state index contributed by atoms with van der Waals surface area (Å²) in [7, 11) is 0. The largest absolute Gasteiger partial charge is 0.477 e. The van der Waals surface area contributed by atoms with Crippen molar-refractivity contribution in [3.63, 3.8) is 0 Å². The topological polar surface area (TPSA) is 87.5 Å². The van der Waals surface area contributed by atoms with E-state index in [-0.39, 0.29) is 22.4 Å². The fraction of sp³-hybridized carbons (Fsp3) is 0.353. The fourth-order valence-electron chi connectivity index (χ4n) is 3.37. The third-order valence-electron chi connectivity index (χ3n) is 4.89. The van der Waals surface area contributed by atoms with Crippen molar-refractivity contribution in [1.82, 2.24) is 14.9 Å². The highest BCUT2D eigenvalue weighted by molar-refractivity contribution is 5.92. The number of nitrogens with one attached hydrogen (secondary N) is 1. The number of carboxylic acid groups (broad SMARTS) is 1. The third kappa shape index (κ3) is 2.49. The van der Waals surface area contributed by atoms with Crippen LogP contribution >= 0.6 is 0 Å². The minimum absolute atomic E-state index is 0.0482. The molecule has 2 fully saturated rings. The van der Waals surface area contributed by atoms with Gasteiger partial charge in [-0.05, 0) is 18.9 Å². The highest BCUT2D eigenvalue weighted by Gasteiger charge is 2.46. The predicted octanol–water partition coefficient (Wildman–Crippen LogP) is 1.28. The van der Waals surface area contributed by atoms with E-state index in [9.17, 15) is 14.0 Å². The summed E-state index contributed by atoms with van der Waals surface area (Å²) < 4.78 is 16.0. The van der Waals surface area contributed by atoms with Crippen molar-refractivity contribution in [2.45, 2.75) is 18.4 Å². The number of nitrogens with zero attached hydrogens (tertiary/aromatic N) is 3. The first kappa shape index (κ1) is 15.8. The summed E-state index contributed by atoms with van der Waals surface area (Å²) in [4.78, 5) is 29.8. The zero-order valence-electron chi connectivity index (χ0n) is 13.5. The lowest BCUT2D eigenvalue weighted by Crippen LogP contribution is -2.53. The van der Waals surface area contributed by atoms with Crippen molar-refractivity contribution in [2.75, 3.05) is 24.5 Å². The van der Waals surface area contributed by atoms with Gasteiger partial charge < -0.3 is 19.9 Å². The van der Waals surface area contributed by atoms with Gasteiger partial charge in [0.25, 0.3) is 0 Å². The molecule has 1 saturated carbocycles. The van der Waals surface area contributed by atoms with E-state index in [4.69, 9.17) is 5.11 Å². The molecule has 0 aromatic carbocycles. The Morgan fingerprint density at radius 2 is 2.24 bits per heavy atom. The molecule has 1 aliphatic carbocycles. The minimum Gasteiger partial charge on any atom is -0.477 e. The number of fused-ring (bicyclic) bond motifs is 1. The van der Waals surface area contributed by atoms with Gasteiger partial charge in [-0.2, -0.15) is 0 Å². The SMILES string of the molecule is C=Cn1cc(C(=O)O)c(=O)c2cc(F)c(N3CCNC4(CC4)C3)nc21. The van der Waals surface area contributed by atoms with E-state index in [0.29, 0.717) is 13.1 Å². The summed E-state index contributed by atoms with van der Waals surface area (Å²) >= 11 is 0. The molecule has 2 aromatic heterocycles. The molecule has 1 saturated heterocycles. The highest BCUT2D eigenvalue weighted by atomic mass is 19.1. The van der Waals surface area contributed by atoms with Crippen LogP contribution in [0.15, 0.2) is 23.6 Å². The molecule has 0 bridgehead atoms.